The highest BCUT2D eigenvalue weighted by Crippen LogP contribution is 2.22. The number of aryl methyl sites for hydroxylation is 2. The molecule has 0 saturated carbocycles. The highest BCUT2D eigenvalue weighted by Gasteiger charge is 2.11. The number of nitrogens with zero attached hydrogens (tertiary/aromatic N) is 1. The maximum atomic E-state index is 12.0. The monoisotopic (exact) mass is 378 g/mol. The van der Waals surface area contributed by atoms with Crippen LogP contribution in [0.3, 0.4) is 0 Å². The minimum atomic E-state index is 0.0246. The molecule has 0 aliphatic heterocycles. The second-order valence-electron chi connectivity index (χ2n) is 6.75. The summed E-state index contributed by atoms with van der Waals surface area (Å²) in [5.74, 6) is 2.27. The quantitative estimate of drug-likeness (QED) is 0.558. The number of carbonyl (C=O) groups is 1. The SMILES string of the molecule is Cc1ccc(-c2nc(CCNC(=O)CCCOc3ccccc3)c(C)o2)cc1. The summed E-state index contributed by atoms with van der Waals surface area (Å²) in [6, 6.07) is 17.7. The zero-order valence-corrected chi connectivity index (χ0v) is 16.4. The summed E-state index contributed by atoms with van der Waals surface area (Å²) in [5, 5.41) is 2.94. The van der Waals surface area contributed by atoms with Gasteiger partial charge in [0.05, 0.1) is 12.3 Å². The maximum absolute atomic E-state index is 12.0. The number of amides is 1. The van der Waals surface area contributed by atoms with Crippen molar-refractivity contribution in [2.75, 3.05) is 13.2 Å². The predicted molar refractivity (Wildman–Crippen MR) is 109 cm³/mol. The molecule has 28 heavy (non-hydrogen) atoms. The normalized spacial score (nSPS) is 10.6. The summed E-state index contributed by atoms with van der Waals surface area (Å²) < 4.78 is 11.4. The van der Waals surface area contributed by atoms with Crippen molar-refractivity contribution in [1.29, 1.82) is 0 Å². The van der Waals surface area contributed by atoms with Gasteiger partial charge in [0.1, 0.15) is 11.5 Å². The van der Waals surface area contributed by atoms with Crippen molar-refractivity contribution in [3.63, 3.8) is 0 Å². The number of nitrogens with one attached hydrogen (secondary N) is 1. The number of oxazole rings is 1. The number of carbonyl (C=O) groups excluding carboxylic acids is 1. The predicted octanol–water partition coefficient (Wildman–Crippen LogP) is 4.48. The van der Waals surface area contributed by atoms with Gasteiger partial charge in [-0.25, -0.2) is 4.98 Å². The molecule has 3 aromatic rings. The largest absolute Gasteiger partial charge is 0.494 e. The van der Waals surface area contributed by atoms with Crippen LogP contribution in [0.15, 0.2) is 59.0 Å². The van der Waals surface area contributed by atoms with Crippen molar-refractivity contribution in [1.82, 2.24) is 10.3 Å². The Bertz CT molecular complexity index is 886. The van der Waals surface area contributed by atoms with Gasteiger partial charge in [-0.2, -0.15) is 0 Å². The number of benzene rings is 2. The highest BCUT2D eigenvalue weighted by molar-refractivity contribution is 5.75. The second kappa shape index (κ2) is 9.74. The van der Waals surface area contributed by atoms with E-state index < -0.39 is 0 Å². The third kappa shape index (κ3) is 5.71. The number of hydrogen-bond donors (Lipinski definition) is 1. The standard InChI is InChI=1S/C23H26N2O3/c1-17-10-12-19(13-11-17)23-25-21(18(2)28-23)14-15-24-22(26)9-6-16-27-20-7-4-3-5-8-20/h3-5,7-8,10-13H,6,9,14-16H2,1-2H3,(H,24,26). The Labute approximate surface area is 165 Å². The lowest BCUT2D eigenvalue weighted by molar-refractivity contribution is -0.121. The fraction of sp³-hybridized carbons (Fsp3) is 0.304. The van der Waals surface area contributed by atoms with Gasteiger partial charge in [0, 0.05) is 24.9 Å². The first-order valence-electron chi connectivity index (χ1n) is 9.60. The highest BCUT2D eigenvalue weighted by atomic mass is 16.5. The van der Waals surface area contributed by atoms with Gasteiger partial charge in [0.2, 0.25) is 11.8 Å². The molecule has 1 aromatic heterocycles. The van der Waals surface area contributed by atoms with Gasteiger partial charge in [-0.3, -0.25) is 4.79 Å². The van der Waals surface area contributed by atoms with Crippen molar-refractivity contribution in [2.24, 2.45) is 0 Å². The third-order valence-corrected chi connectivity index (χ3v) is 4.44. The molecule has 0 saturated heterocycles. The van der Waals surface area contributed by atoms with E-state index in [4.69, 9.17) is 9.15 Å². The van der Waals surface area contributed by atoms with Gasteiger partial charge in [-0.1, -0.05) is 35.9 Å². The van der Waals surface area contributed by atoms with E-state index in [1.54, 1.807) is 0 Å². The molecule has 0 aliphatic rings. The molecule has 1 N–H and O–H groups in total. The van der Waals surface area contributed by atoms with Crippen LogP contribution >= 0.6 is 0 Å². The smallest absolute Gasteiger partial charge is 0.226 e. The number of para-hydroxylation sites is 1. The van der Waals surface area contributed by atoms with Crippen molar-refractivity contribution in [3.8, 4) is 17.2 Å². The minimum absolute atomic E-state index is 0.0246. The van der Waals surface area contributed by atoms with Crippen LogP contribution in [0, 0.1) is 13.8 Å². The van der Waals surface area contributed by atoms with E-state index in [1.807, 2.05) is 68.4 Å². The Morgan fingerprint density at radius 3 is 2.57 bits per heavy atom. The van der Waals surface area contributed by atoms with Gasteiger partial charge >= 0.3 is 0 Å². The van der Waals surface area contributed by atoms with Gasteiger partial charge in [0.25, 0.3) is 0 Å². The maximum Gasteiger partial charge on any atom is 0.226 e. The molecule has 3 rings (SSSR count). The number of rotatable bonds is 9. The van der Waals surface area contributed by atoms with E-state index in [2.05, 4.69) is 10.3 Å². The van der Waals surface area contributed by atoms with Gasteiger partial charge in [-0.05, 0) is 44.5 Å². The lowest BCUT2D eigenvalue weighted by Gasteiger charge is -2.06. The number of aromatic nitrogens is 1. The third-order valence-electron chi connectivity index (χ3n) is 4.44. The molecule has 0 radical (unpaired) electrons. The topological polar surface area (TPSA) is 64.4 Å². The van der Waals surface area contributed by atoms with E-state index in [1.165, 1.54) is 5.56 Å². The molecule has 1 amide bonds. The van der Waals surface area contributed by atoms with Crippen molar-refractivity contribution in [3.05, 3.63) is 71.6 Å². The Morgan fingerprint density at radius 1 is 1.07 bits per heavy atom. The molecule has 5 heteroatoms. The zero-order valence-electron chi connectivity index (χ0n) is 16.4. The van der Waals surface area contributed by atoms with Crippen LogP contribution in [0.4, 0.5) is 0 Å². The Balaban J connectivity index is 1.38. The van der Waals surface area contributed by atoms with E-state index in [0.29, 0.717) is 38.3 Å². The molecule has 1 heterocycles. The first kappa shape index (κ1) is 19.7. The van der Waals surface area contributed by atoms with E-state index in [0.717, 1.165) is 22.8 Å². The van der Waals surface area contributed by atoms with Crippen LogP contribution in [0.2, 0.25) is 0 Å². The van der Waals surface area contributed by atoms with E-state index >= 15 is 0 Å². The van der Waals surface area contributed by atoms with Crippen LogP contribution in [0.1, 0.15) is 29.9 Å². The molecule has 5 nitrogen and oxygen atoms in total. The minimum Gasteiger partial charge on any atom is -0.494 e. The number of hydrogen-bond acceptors (Lipinski definition) is 4. The first-order valence-corrected chi connectivity index (χ1v) is 9.60. The van der Waals surface area contributed by atoms with Crippen molar-refractivity contribution < 1.29 is 13.9 Å². The summed E-state index contributed by atoms with van der Waals surface area (Å²) in [6.07, 6.45) is 1.77. The molecule has 0 aliphatic carbocycles. The summed E-state index contributed by atoms with van der Waals surface area (Å²) in [4.78, 5) is 16.6. The average Bonchev–Trinajstić information content (AvgIpc) is 3.07. The molecule has 0 atom stereocenters. The first-order chi connectivity index (χ1) is 13.6. The number of ether oxygens (including phenoxy) is 1. The lowest BCUT2D eigenvalue weighted by Crippen LogP contribution is -2.26. The molecular weight excluding hydrogens is 352 g/mol. The Hall–Kier alpha value is -3.08. The summed E-state index contributed by atoms with van der Waals surface area (Å²) in [7, 11) is 0. The molecular formula is C23H26N2O3. The van der Waals surface area contributed by atoms with Gasteiger partial charge in [0.15, 0.2) is 0 Å². The molecule has 0 fully saturated rings. The van der Waals surface area contributed by atoms with E-state index in [-0.39, 0.29) is 5.91 Å². The van der Waals surface area contributed by atoms with Crippen LogP contribution < -0.4 is 10.1 Å². The van der Waals surface area contributed by atoms with Crippen molar-refractivity contribution >= 4 is 5.91 Å². The Kier molecular flexibility index (Phi) is 6.84. The summed E-state index contributed by atoms with van der Waals surface area (Å²) in [6.45, 7) is 5.02. The van der Waals surface area contributed by atoms with Crippen LogP contribution in [-0.2, 0) is 11.2 Å². The van der Waals surface area contributed by atoms with Crippen molar-refractivity contribution in [2.45, 2.75) is 33.1 Å². The summed E-state index contributed by atoms with van der Waals surface area (Å²) in [5.41, 5.74) is 3.04. The summed E-state index contributed by atoms with van der Waals surface area (Å²) >= 11 is 0. The Morgan fingerprint density at radius 2 is 1.82 bits per heavy atom. The lowest BCUT2D eigenvalue weighted by atomic mass is 10.1. The fourth-order valence-corrected chi connectivity index (χ4v) is 2.83. The van der Waals surface area contributed by atoms with E-state index in [9.17, 15) is 4.79 Å². The van der Waals surface area contributed by atoms with Gasteiger partial charge in [-0.15, -0.1) is 0 Å². The zero-order chi connectivity index (χ0) is 19.8. The van der Waals surface area contributed by atoms with Crippen LogP contribution in [0.25, 0.3) is 11.5 Å². The molecule has 0 bridgehead atoms. The molecule has 0 unspecified atom stereocenters. The van der Waals surface area contributed by atoms with Crippen LogP contribution in [-0.4, -0.2) is 24.0 Å². The second-order valence-corrected chi connectivity index (χ2v) is 6.75. The molecule has 146 valence electrons. The molecule has 2 aromatic carbocycles. The fourth-order valence-electron chi connectivity index (χ4n) is 2.83. The van der Waals surface area contributed by atoms with Gasteiger partial charge < -0.3 is 14.5 Å². The molecule has 0 spiro atoms. The van der Waals surface area contributed by atoms with Crippen LogP contribution in [0.5, 0.6) is 5.75 Å². The average molecular weight is 378 g/mol.